The highest BCUT2D eigenvalue weighted by molar-refractivity contribution is 5.84. The maximum absolute atomic E-state index is 13.2. The Hall–Kier alpha value is -3.35. The maximum atomic E-state index is 13.2. The quantitative estimate of drug-likeness (QED) is 0.638. The van der Waals surface area contributed by atoms with Crippen molar-refractivity contribution in [1.82, 2.24) is 19.4 Å². The smallest absolute Gasteiger partial charge is 0.229 e. The van der Waals surface area contributed by atoms with Crippen LogP contribution in [-0.2, 0) is 11.8 Å². The van der Waals surface area contributed by atoms with E-state index >= 15 is 0 Å². The minimum absolute atomic E-state index is 0.153. The van der Waals surface area contributed by atoms with Gasteiger partial charge in [0.05, 0.1) is 25.0 Å². The number of benzene rings is 1. The Kier molecular flexibility index (Phi) is 6.17. The first-order valence-corrected chi connectivity index (χ1v) is 11.0. The Balaban J connectivity index is 1.40. The summed E-state index contributed by atoms with van der Waals surface area (Å²) in [5, 5.41) is 3.51. The monoisotopic (exact) mass is 433 g/mol. The molecule has 1 amide bonds. The second-order valence-corrected chi connectivity index (χ2v) is 8.61. The molecule has 0 spiro atoms. The van der Waals surface area contributed by atoms with E-state index in [0.717, 1.165) is 52.6 Å². The number of likely N-dealkylation sites (tertiary alicyclic amines) is 1. The molecule has 32 heavy (non-hydrogen) atoms. The van der Waals surface area contributed by atoms with Gasteiger partial charge in [-0.25, -0.2) is 9.97 Å². The number of amides is 1. The highest BCUT2D eigenvalue weighted by Crippen LogP contribution is 2.28. The van der Waals surface area contributed by atoms with Gasteiger partial charge in [-0.15, -0.1) is 0 Å². The number of imidazole rings is 1. The Morgan fingerprint density at radius 1 is 1.25 bits per heavy atom. The summed E-state index contributed by atoms with van der Waals surface area (Å²) in [5.74, 6) is 1.56. The van der Waals surface area contributed by atoms with Crippen molar-refractivity contribution in [2.45, 2.75) is 39.2 Å². The van der Waals surface area contributed by atoms with Gasteiger partial charge in [0, 0.05) is 43.6 Å². The molecule has 1 aliphatic heterocycles. The number of hydrogen-bond donors (Lipinski definition) is 1. The molecule has 2 atom stereocenters. The molecule has 3 heterocycles. The molecule has 2 aromatic heterocycles. The number of hydrogen-bond acceptors (Lipinski definition) is 5. The molecule has 1 N–H and O–H groups in total. The summed E-state index contributed by atoms with van der Waals surface area (Å²) in [4.78, 5) is 24.3. The van der Waals surface area contributed by atoms with Gasteiger partial charge < -0.3 is 19.5 Å². The Bertz CT molecular complexity index is 1120. The van der Waals surface area contributed by atoms with Gasteiger partial charge in [0.1, 0.15) is 11.6 Å². The lowest BCUT2D eigenvalue weighted by Gasteiger charge is -2.23. The number of rotatable bonds is 6. The molecule has 7 heteroatoms. The van der Waals surface area contributed by atoms with E-state index in [9.17, 15) is 4.79 Å². The molecule has 1 saturated heterocycles. The van der Waals surface area contributed by atoms with Crippen molar-refractivity contribution < 1.29 is 9.53 Å². The van der Waals surface area contributed by atoms with Gasteiger partial charge in [-0.2, -0.15) is 0 Å². The van der Waals surface area contributed by atoms with Gasteiger partial charge in [-0.05, 0) is 62.6 Å². The van der Waals surface area contributed by atoms with E-state index < -0.39 is 0 Å². The molecule has 0 unspecified atom stereocenters. The Labute approximate surface area is 189 Å². The number of aryl methyl sites for hydroxylation is 3. The first kappa shape index (κ1) is 21.9. The fourth-order valence-corrected chi connectivity index (χ4v) is 4.37. The zero-order valence-electron chi connectivity index (χ0n) is 19.4. The molecule has 3 aromatic rings. The topological polar surface area (TPSA) is 72.3 Å². The lowest BCUT2D eigenvalue weighted by atomic mass is 9.95. The highest BCUT2D eigenvalue weighted by atomic mass is 16.5. The fraction of sp³-hybridized carbons (Fsp3) is 0.400. The number of aromatic nitrogens is 3. The number of carbonyl (C=O) groups excluding carboxylic acids is 1. The van der Waals surface area contributed by atoms with Crippen molar-refractivity contribution in [3.63, 3.8) is 0 Å². The minimum Gasteiger partial charge on any atom is -0.497 e. The molecule has 0 saturated carbocycles. The zero-order valence-corrected chi connectivity index (χ0v) is 19.4. The summed E-state index contributed by atoms with van der Waals surface area (Å²) in [7, 11) is 3.61. The molecule has 0 bridgehead atoms. The summed E-state index contributed by atoms with van der Waals surface area (Å²) in [6.07, 6.45) is 4.68. The van der Waals surface area contributed by atoms with Crippen LogP contribution in [0.2, 0.25) is 0 Å². The Morgan fingerprint density at radius 2 is 2.06 bits per heavy atom. The molecule has 1 aliphatic rings. The molecule has 1 aromatic carbocycles. The van der Waals surface area contributed by atoms with Crippen LogP contribution in [0.25, 0.3) is 11.3 Å². The molecular weight excluding hydrogens is 402 g/mol. The van der Waals surface area contributed by atoms with Crippen molar-refractivity contribution in [3.8, 4) is 17.0 Å². The summed E-state index contributed by atoms with van der Waals surface area (Å²) in [6.45, 7) is 7.43. The first-order valence-electron chi connectivity index (χ1n) is 11.0. The number of anilines is 1. The third-order valence-corrected chi connectivity index (χ3v) is 6.24. The van der Waals surface area contributed by atoms with Gasteiger partial charge in [0.15, 0.2) is 0 Å². The SMILES string of the molecule is COc1ccc(C)c([C@H](C)C(=O)N2CC[C@H](Nc3ccc(-c4cn(C)cn4)c(C)n3)C2)c1. The second-order valence-electron chi connectivity index (χ2n) is 8.61. The van der Waals surface area contributed by atoms with Crippen molar-refractivity contribution in [3.05, 3.63) is 59.7 Å². The largest absolute Gasteiger partial charge is 0.497 e. The van der Waals surface area contributed by atoms with Crippen LogP contribution in [0, 0.1) is 13.8 Å². The van der Waals surface area contributed by atoms with Crippen LogP contribution in [0.1, 0.15) is 36.1 Å². The van der Waals surface area contributed by atoms with Crippen LogP contribution in [0.4, 0.5) is 5.82 Å². The Morgan fingerprint density at radius 3 is 2.75 bits per heavy atom. The molecule has 168 valence electrons. The highest BCUT2D eigenvalue weighted by Gasteiger charge is 2.30. The van der Waals surface area contributed by atoms with E-state index in [2.05, 4.69) is 16.4 Å². The number of pyridine rings is 1. The predicted molar refractivity (Wildman–Crippen MR) is 126 cm³/mol. The van der Waals surface area contributed by atoms with Crippen LogP contribution in [0.15, 0.2) is 42.9 Å². The molecule has 7 nitrogen and oxygen atoms in total. The zero-order chi connectivity index (χ0) is 22.8. The summed E-state index contributed by atoms with van der Waals surface area (Å²) < 4.78 is 7.28. The van der Waals surface area contributed by atoms with Gasteiger partial charge in [-0.3, -0.25) is 4.79 Å². The molecule has 0 radical (unpaired) electrons. The average molecular weight is 434 g/mol. The van der Waals surface area contributed by atoms with E-state index in [1.807, 2.05) is 67.7 Å². The number of carbonyl (C=O) groups is 1. The van der Waals surface area contributed by atoms with Crippen LogP contribution in [0.5, 0.6) is 5.75 Å². The minimum atomic E-state index is -0.207. The lowest BCUT2D eigenvalue weighted by molar-refractivity contribution is -0.131. The lowest BCUT2D eigenvalue weighted by Crippen LogP contribution is -2.34. The fourth-order valence-electron chi connectivity index (χ4n) is 4.37. The van der Waals surface area contributed by atoms with Crippen molar-refractivity contribution >= 4 is 11.7 Å². The van der Waals surface area contributed by atoms with Gasteiger partial charge in [-0.1, -0.05) is 6.07 Å². The van der Waals surface area contributed by atoms with Crippen LogP contribution >= 0.6 is 0 Å². The van der Waals surface area contributed by atoms with E-state index in [1.165, 1.54) is 0 Å². The summed E-state index contributed by atoms with van der Waals surface area (Å²) in [5.41, 5.74) is 5.01. The number of nitrogens with one attached hydrogen (secondary N) is 1. The van der Waals surface area contributed by atoms with E-state index in [-0.39, 0.29) is 17.9 Å². The third-order valence-electron chi connectivity index (χ3n) is 6.24. The van der Waals surface area contributed by atoms with Crippen LogP contribution in [0.3, 0.4) is 0 Å². The molecule has 4 rings (SSSR count). The van der Waals surface area contributed by atoms with E-state index in [4.69, 9.17) is 9.72 Å². The standard InChI is InChI=1S/C25H31N5O2/c1-16-6-7-20(32-5)12-22(16)17(2)25(31)30-11-10-19(13-30)28-24-9-8-21(18(3)27-24)23-14-29(4)15-26-23/h6-9,12,14-15,17,19H,10-11,13H2,1-5H3,(H,27,28)/t17-,19-/m0/s1. The maximum Gasteiger partial charge on any atom is 0.229 e. The number of nitrogens with zero attached hydrogens (tertiary/aromatic N) is 4. The van der Waals surface area contributed by atoms with Crippen LogP contribution < -0.4 is 10.1 Å². The molecule has 0 aliphatic carbocycles. The summed E-state index contributed by atoms with van der Waals surface area (Å²) >= 11 is 0. The predicted octanol–water partition coefficient (Wildman–Crippen LogP) is 3.92. The number of ether oxygens (including phenoxy) is 1. The number of methoxy groups -OCH3 is 1. The van der Waals surface area contributed by atoms with Crippen molar-refractivity contribution in [2.75, 3.05) is 25.5 Å². The summed E-state index contributed by atoms with van der Waals surface area (Å²) in [6, 6.07) is 10.1. The van der Waals surface area contributed by atoms with Gasteiger partial charge >= 0.3 is 0 Å². The van der Waals surface area contributed by atoms with Crippen molar-refractivity contribution in [2.24, 2.45) is 7.05 Å². The van der Waals surface area contributed by atoms with E-state index in [1.54, 1.807) is 13.4 Å². The van der Waals surface area contributed by atoms with Crippen LogP contribution in [-0.4, -0.2) is 51.6 Å². The average Bonchev–Trinajstić information content (AvgIpc) is 3.42. The van der Waals surface area contributed by atoms with E-state index in [0.29, 0.717) is 6.54 Å². The van der Waals surface area contributed by atoms with Gasteiger partial charge in [0.25, 0.3) is 0 Å². The second kappa shape index (κ2) is 9.02. The van der Waals surface area contributed by atoms with Gasteiger partial charge in [0.2, 0.25) is 5.91 Å². The third kappa shape index (κ3) is 4.47. The molecular formula is C25H31N5O2. The normalized spacial score (nSPS) is 16.8. The molecule has 1 fully saturated rings. The first-order chi connectivity index (χ1) is 15.4. The van der Waals surface area contributed by atoms with Crippen molar-refractivity contribution in [1.29, 1.82) is 0 Å².